The lowest BCUT2D eigenvalue weighted by Crippen LogP contribution is -2.26. The molecule has 3 N–H and O–H groups in total. The minimum absolute atomic E-state index is 0.0187. The first-order valence-corrected chi connectivity index (χ1v) is 18.0. The highest BCUT2D eigenvalue weighted by atomic mass is 16.5. The van der Waals surface area contributed by atoms with E-state index in [1.165, 1.54) is 18.2 Å². The molecule has 0 saturated heterocycles. The predicted octanol–water partition coefficient (Wildman–Crippen LogP) is 8.64. The van der Waals surface area contributed by atoms with E-state index in [4.69, 9.17) is 24.2 Å². The lowest BCUT2D eigenvalue weighted by atomic mass is 9.86. The molecule has 5 rings (SSSR count). The van der Waals surface area contributed by atoms with E-state index in [2.05, 4.69) is 81.1 Å². The summed E-state index contributed by atoms with van der Waals surface area (Å²) in [4.78, 5) is 42.6. The zero-order valence-corrected chi connectivity index (χ0v) is 31.0. The van der Waals surface area contributed by atoms with Crippen LogP contribution in [0, 0.1) is 20.8 Å². The quantitative estimate of drug-likeness (QED) is 0.121. The van der Waals surface area contributed by atoms with Crippen LogP contribution in [0.15, 0.2) is 18.2 Å². The molecule has 1 amide bonds. The van der Waals surface area contributed by atoms with Gasteiger partial charge >= 0.3 is 12.1 Å². The van der Waals surface area contributed by atoms with Gasteiger partial charge in [-0.05, 0) is 105 Å². The molecule has 3 aromatic heterocycles. The summed E-state index contributed by atoms with van der Waals surface area (Å²) in [7, 11) is 1.43. The van der Waals surface area contributed by atoms with Crippen molar-refractivity contribution in [1.29, 1.82) is 0 Å². The number of carbonyl (C=O) groups excluding carboxylic acids is 2. The molecule has 10 heteroatoms. The molecule has 50 heavy (non-hydrogen) atoms. The van der Waals surface area contributed by atoms with Crippen LogP contribution in [0.3, 0.4) is 0 Å². The standard InChI is InChI=1S/C40H53N5O5/c1-9-11-16-49-17-12-15-41-40(47)50-22-30-26(6)33-20-35-25(5)29(13-14-38(46)48-8)39(45-35)27(7)32-18-23(3)31(42-32)19-36-28(10-2)24(4)34(43-36)21-37(30)44-33/h18-21,25,29,43-44H,9-17,22H2,1-8H3,(H,41,47)/t25-,29-/m0/s1. The van der Waals surface area contributed by atoms with E-state index in [0.29, 0.717) is 26.0 Å². The summed E-state index contributed by atoms with van der Waals surface area (Å²) in [5, 5.41) is 2.86. The number of carbonyl (C=O) groups is 2. The van der Waals surface area contributed by atoms with Crippen molar-refractivity contribution in [2.45, 2.75) is 105 Å². The third-order valence-electron chi connectivity index (χ3n) is 10.2. The first-order valence-electron chi connectivity index (χ1n) is 18.0. The summed E-state index contributed by atoms with van der Waals surface area (Å²) in [5.74, 6) is -0.162. The number of fused-ring (bicyclic) bond motifs is 8. The van der Waals surface area contributed by atoms with Crippen molar-refractivity contribution in [3.63, 3.8) is 0 Å². The Kier molecular flexibility index (Phi) is 12.2. The van der Waals surface area contributed by atoms with Gasteiger partial charge in [0.1, 0.15) is 6.61 Å². The number of rotatable bonds is 13. The van der Waals surface area contributed by atoms with Gasteiger partial charge in [-0.1, -0.05) is 27.2 Å². The van der Waals surface area contributed by atoms with Crippen LogP contribution in [0.5, 0.6) is 0 Å². The number of alkyl carbamates (subject to hydrolysis) is 1. The second-order valence-corrected chi connectivity index (χ2v) is 13.5. The first kappa shape index (κ1) is 36.8. The van der Waals surface area contributed by atoms with E-state index < -0.39 is 6.09 Å². The van der Waals surface area contributed by atoms with Crippen LogP contribution in [0.25, 0.3) is 33.7 Å². The molecule has 10 nitrogen and oxygen atoms in total. The maximum Gasteiger partial charge on any atom is 0.407 e. The van der Waals surface area contributed by atoms with Gasteiger partial charge in [0.2, 0.25) is 0 Å². The van der Waals surface area contributed by atoms with Gasteiger partial charge in [0.05, 0.1) is 18.5 Å². The number of aromatic amines is 2. The minimum atomic E-state index is -0.459. The second-order valence-electron chi connectivity index (χ2n) is 13.5. The van der Waals surface area contributed by atoms with Gasteiger partial charge in [-0.2, -0.15) is 0 Å². The van der Waals surface area contributed by atoms with Crippen molar-refractivity contribution in [1.82, 2.24) is 25.3 Å². The van der Waals surface area contributed by atoms with Crippen LogP contribution in [0.1, 0.15) is 122 Å². The fourth-order valence-corrected chi connectivity index (χ4v) is 6.92. The number of unbranched alkanes of at least 4 members (excludes halogenated alkanes) is 1. The Balaban J connectivity index is 1.62. The highest BCUT2D eigenvalue weighted by molar-refractivity contribution is 5.85. The Bertz CT molecular complexity index is 1920. The SMILES string of the molecule is CCCCOCCCNC(=O)OCc1c(C)c2cc3nc(c(C)c4nc(cc5[nH]c(cc1[nH]2)c(C)c5CC)C(C)=C4)[C@@H](CCC(=O)OC)[C@@H]3C. The molecule has 0 saturated carbocycles. The highest BCUT2D eigenvalue weighted by Gasteiger charge is 2.31. The van der Waals surface area contributed by atoms with E-state index in [-0.39, 0.29) is 24.4 Å². The lowest BCUT2D eigenvalue weighted by molar-refractivity contribution is -0.140. The monoisotopic (exact) mass is 683 g/mol. The van der Waals surface area contributed by atoms with Crippen LogP contribution in [0.4, 0.5) is 4.79 Å². The Morgan fingerprint density at radius 2 is 1.58 bits per heavy atom. The molecule has 2 aliphatic heterocycles. The molecular weight excluding hydrogens is 630 g/mol. The van der Waals surface area contributed by atoms with Gasteiger partial charge in [-0.25, -0.2) is 9.78 Å². The molecule has 2 atom stereocenters. The van der Waals surface area contributed by atoms with E-state index in [9.17, 15) is 9.59 Å². The number of amides is 1. The van der Waals surface area contributed by atoms with Crippen LogP contribution < -0.4 is 5.32 Å². The highest BCUT2D eigenvalue weighted by Crippen LogP contribution is 2.42. The number of methoxy groups -OCH3 is 1. The maximum absolute atomic E-state index is 12.7. The summed E-state index contributed by atoms with van der Waals surface area (Å²) < 4.78 is 16.4. The average Bonchev–Trinajstić information content (AvgIpc) is 3.80. The molecule has 0 unspecified atom stereocenters. The summed E-state index contributed by atoms with van der Waals surface area (Å²) in [6.45, 7) is 16.8. The van der Waals surface area contributed by atoms with Gasteiger partial charge in [-0.15, -0.1) is 0 Å². The average molecular weight is 684 g/mol. The number of nitrogens with zero attached hydrogens (tertiary/aromatic N) is 2. The molecule has 0 aromatic carbocycles. The molecule has 3 aromatic rings. The topological polar surface area (TPSA) is 131 Å². The van der Waals surface area contributed by atoms with E-state index in [1.807, 2.05) is 6.92 Å². The van der Waals surface area contributed by atoms with Crippen molar-refractivity contribution in [2.75, 3.05) is 26.9 Å². The lowest BCUT2D eigenvalue weighted by Gasteiger charge is -2.16. The van der Waals surface area contributed by atoms with Crippen LogP contribution in [-0.4, -0.2) is 58.9 Å². The largest absolute Gasteiger partial charge is 0.469 e. The van der Waals surface area contributed by atoms with Gasteiger partial charge in [0.15, 0.2) is 0 Å². The number of esters is 1. The molecule has 2 aliphatic rings. The molecule has 268 valence electrons. The molecular formula is C40H53N5O5. The maximum atomic E-state index is 12.7. The van der Waals surface area contributed by atoms with Crippen molar-refractivity contribution >= 4 is 45.8 Å². The van der Waals surface area contributed by atoms with Crippen molar-refractivity contribution in [2.24, 2.45) is 0 Å². The number of hydrogen-bond acceptors (Lipinski definition) is 7. The third kappa shape index (κ3) is 8.12. The van der Waals surface area contributed by atoms with Crippen LogP contribution in [0.2, 0.25) is 0 Å². The number of allylic oxidation sites excluding steroid dienone is 1. The summed E-state index contributed by atoms with van der Waals surface area (Å²) >= 11 is 0. The number of ether oxygens (including phenoxy) is 3. The minimum Gasteiger partial charge on any atom is -0.469 e. The Labute approximate surface area is 295 Å². The predicted molar refractivity (Wildman–Crippen MR) is 199 cm³/mol. The van der Waals surface area contributed by atoms with Gasteiger partial charge < -0.3 is 29.5 Å². The van der Waals surface area contributed by atoms with E-state index >= 15 is 0 Å². The van der Waals surface area contributed by atoms with Gasteiger partial charge in [0, 0.05) is 77.0 Å². The second kappa shape index (κ2) is 16.5. The van der Waals surface area contributed by atoms with Gasteiger partial charge in [0.25, 0.3) is 0 Å². The summed E-state index contributed by atoms with van der Waals surface area (Å²) in [5.41, 5.74) is 13.8. The molecule has 0 radical (unpaired) electrons. The van der Waals surface area contributed by atoms with Crippen molar-refractivity contribution in [3.05, 3.63) is 68.8 Å². The van der Waals surface area contributed by atoms with Crippen molar-refractivity contribution < 1.29 is 23.8 Å². The Morgan fingerprint density at radius 3 is 2.30 bits per heavy atom. The number of H-pyrrole nitrogens is 2. The molecule has 0 spiro atoms. The van der Waals surface area contributed by atoms with E-state index in [0.717, 1.165) is 99.4 Å². The van der Waals surface area contributed by atoms with Crippen LogP contribution in [-0.2, 0) is 32.0 Å². The Hall–Kier alpha value is -4.44. The summed E-state index contributed by atoms with van der Waals surface area (Å²) in [6, 6.07) is 6.34. The number of aryl methyl sites for hydroxylation is 3. The Morgan fingerprint density at radius 1 is 0.880 bits per heavy atom. The summed E-state index contributed by atoms with van der Waals surface area (Å²) in [6.07, 6.45) is 6.31. The number of nitrogens with one attached hydrogen (secondary N) is 3. The molecule has 8 bridgehead atoms. The zero-order chi connectivity index (χ0) is 35.9. The fourth-order valence-electron chi connectivity index (χ4n) is 6.92. The van der Waals surface area contributed by atoms with Crippen molar-refractivity contribution in [3.8, 4) is 0 Å². The third-order valence-corrected chi connectivity index (χ3v) is 10.2. The first-order chi connectivity index (χ1) is 24.1. The molecule has 0 fully saturated rings. The van der Waals surface area contributed by atoms with Gasteiger partial charge in [-0.3, -0.25) is 9.78 Å². The smallest absolute Gasteiger partial charge is 0.407 e. The van der Waals surface area contributed by atoms with Crippen LogP contribution >= 0.6 is 0 Å². The molecule has 5 heterocycles. The molecule has 0 aliphatic carbocycles. The zero-order valence-electron chi connectivity index (χ0n) is 31.0. The normalized spacial score (nSPS) is 15.6. The fraction of sp³-hybridized carbons (Fsp3) is 0.500. The van der Waals surface area contributed by atoms with E-state index in [1.54, 1.807) is 0 Å². The number of aromatic nitrogens is 4. The number of hydrogen-bond donors (Lipinski definition) is 3.